The number of aliphatic imine (C=N–C) groups is 1. The van der Waals surface area contributed by atoms with Crippen molar-refractivity contribution in [1.82, 2.24) is 15.0 Å². The van der Waals surface area contributed by atoms with Gasteiger partial charge in [0.1, 0.15) is 39.0 Å². The number of aromatic nitrogens is 3. The summed E-state index contributed by atoms with van der Waals surface area (Å²) < 4.78 is 44.4. The van der Waals surface area contributed by atoms with Crippen molar-refractivity contribution in [3.63, 3.8) is 0 Å². The number of methoxy groups -OCH3 is 1. The Morgan fingerprint density at radius 1 is 1.16 bits per heavy atom. The summed E-state index contributed by atoms with van der Waals surface area (Å²) in [4.78, 5) is 17.1. The zero-order valence-electron chi connectivity index (χ0n) is 18.0. The van der Waals surface area contributed by atoms with Crippen LogP contribution in [-0.2, 0) is 15.4 Å². The molecule has 0 fully saturated rings. The number of nitrogens with two attached hydrogens (primary N) is 1. The number of fused-ring (bicyclic) bond motifs is 1. The normalized spacial score (nSPS) is 21.7. The summed E-state index contributed by atoms with van der Waals surface area (Å²) in [6.07, 6.45) is 4.19. The van der Waals surface area contributed by atoms with E-state index in [4.69, 9.17) is 10.5 Å². The van der Waals surface area contributed by atoms with Gasteiger partial charge in [0.05, 0.1) is 36.5 Å². The fraction of sp³-hybridized carbons (Fsp3) is 0.333. The number of nitrogens with zero attached hydrogens (tertiary/aromatic N) is 4. The molecule has 1 aliphatic heterocycles. The van der Waals surface area contributed by atoms with Gasteiger partial charge in [-0.25, -0.2) is 22.8 Å². The number of hydrogen-bond donors (Lipinski definition) is 2. The molecular formula is C21H23FN6O3S. The first-order valence-electron chi connectivity index (χ1n) is 9.77. The minimum absolute atomic E-state index is 0.0600. The third kappa shape index (κ3) is 3.52. The summed E-state index contributed by atoms with van der Waals surface area (Å²) >= 11 is 0. The average Bonchev–Trinajstić information content (AvgIpc) is 2.73. The van der Waals surface area contributed by atoms with Gasteiger partial charge in [0.2, 0.25) is 0 Å². The molecule has 0 amide bonds. The molecule has 1 atom stereocenters. The molecule has 0 aromatic carbocycles. The van der Waals surface area contributed by atoms with E-state index >= 15 is 0 Å². The summed E-state index contributed by atoms with van der Waals surface area (Å²) in [5.74, 6) is -0.256. The van der Waals surface area contributed by atoms with Crippen LogP contribution in [0.1, 0.15) is 26.3 Å². The highest BCUT2D eigenvalue weighted by Gasteiger charge is 2.49. The molecule has 0 saturated heterocycles. The molecule has 168 valence electrons. The second-order valence-corrected chi connectivity index (χ2v) is 10.9. The second-order valence-electron chi connectivity index (χ2n) is 8.32. The van der Waals surface area contributed by atoms with Crippen LogP contribution in [0, 0.1) is 5.82 Å². The predicted molar refractivity (Wildman–Crippen MR) is 120 cm³/mol. The van der Waals surface area contributed by atoms with Crippen molar-refractivity contribution in [2.24, 2.45) is 10.7 Å². The highest BCUT2D eigenvalue weighted by Crippen LogP contribution is 2.38. The van der Waals surface area contributed by atoms with Crippen LogP contribution in [0.4, 0.5) is 15.9 Å². The van der Waals surface area contributed by atoms with Gasteiger partial charge in [-0.1, -0.05) is 0 Å². The average molecular weight is 459 g/mol. The monoisotopic (exact) mass is 458 g/mol. The summed E-state index contributed by atoms with van der Waals surface area (Å²) in [5.41, 5.74) is 6.43. The van der Waals surface area contributed by atoms with Gasteiger partial charge in [0.15, 0.2) is 9.84 Å². The zero-order valence-corrected chi connectivity index (χ0v) is 18.9. The molecule has 0 spiro atoms. The smallest absolute Gasteiger partial charge is 0.165 e. The second kappa shape index (κ2) is 7.37. The molecule has 4 rings (SSSR count). The third-order valence-electron chi connectivity index (χ3n) is 5.72. The first kappa shape index (κ1) is 21.9. The van der Waals surface area contributed by atoms with Gasteiger partial charge >= 0.3 is 0 Å². The minimum atomic E-state index is -3.68. The van der Waals surface area contributed by atoms with E-state index in [1.54, 1.807) is 31.5 Å². The fourth-order valence-corrected chi connectivity index (χ4v) is 5.25. The molecule has 11 heteroatoms. The Labute approximate surface area is 184 Å². The van der Waals surface area contributed by atoms with Crippen LogP contribution >= 0.6 is 0 Å². The predicted octanol–water partition coefficient (Wildman–Crippen LogP) is 2.70. The number of sulfone groups is 1. The van der Waals surface area contributed by atoms with Crippen LogP contribution in [0.3, 0.4) is 0 Å². The van der Waals surface area contributed by atoms with E-state index in [0.717, 1.165) is 6.20 Å². The lowest BCUT2D eigenvalue weighted by molar-refractivity contribution is 0.413. The Balaban J connectivity index is 1.77. The number of hydrogen-bond acceptors (Lipinski definition) is 9. The van der Waals surface area contributed by atoms with E-state index < -0.39 is 25.9 Å². The Bertz CT molecular complexity index is 1360. The summed E-state index contributed by atoms with van der Waals surface area (Å²) in [7, 11) is -2.14. The molecule has 4 heterocycles. The van der Waals surface area contributed by atoms with Gasteiger partial charge in [-0.15, -0.1) is 0 Å². The van der Waals surface area contributed by atoms with Crippen molar-refractivity contribution in [2.75, 3.05) is 18.2 Å². The summed E-state index contributed by atoms with van der Waals surface area (Å²) in [6.45, 7) is 4.53. The van der Waals surface area contributed by atoms with Gasteiger partial charge in [-0.05, 0) is 32.9 Å². The van der Waals surface area contributed by atoms with Crippen molar-refractivity contribution >= 4 is 38.2 Å². The number of anilines is 2. The number of nitrogens with one attached hydrogen (secondary N) is 1. The lowest BCUT2D eigenvalue weighted by Crippen LogP contribution is -2.55. The zero-order chi connectivity index (χ0) is 23.3. The van der Waals surface area contributed by atoms with Gasteiger partial charge in [0, 0.05) is 17.8 Å². The quantitative estimate of drug-likeness (QED) is 0.610. The standard InChI is InChI=1S/C21H23FN6O3S/c1-20(2)19(23)28-21(3,11-32(20,29)30)13-8-17(25-10-14(13)22)27-15-5-6-24-16-7-12(31-4)9-26-18(15)16/h5-10H,11H2,1-4H3,(H2,23,28)(H,24,25,27)/t21-/m0/s1. The number of pyridine rings is 3. The maximum atomic E-state index is 14.8. The van der Waals surface area contributed by atoms with E-state index in [2.05, 4.69) is 25.3 Å². The molecule has 0 radical (unpaired) electrons. The molecule has 0 bridgehead atoms. The molecule has 32 heavy (non-hydrogen) atoms. The van der Waals surface area contributed by atoms with E-state index in [1.165, 1.54) is 27.0 Å². The van der Waals surface area contributed by atoms with E-state index in [0.29, 0.717) is 28.3 Å². The minimum Gasteiger partial charge on any atom is -0.495 e. The van der Waals surface area contributed by atoms with Crippen molar-refractivity contribution in [3.8, 4) is 5.75 Å². The topological polar surface area (TPSA) is 132 Å². The molecule has 3 aromatic rings. The van der Waals surface area contributed by atoms with Gasteiger partial charge < -0.3 is 15.8 Å². The third-order valence-corrected chi connectivity index (χ3v) is 8.43. The van der Waals surface area contributed by atoms with Gasteiger partial charge in [-0.3, -0.25) is 9.98 Å². The largest absolute Gasteiger partial charge is 0.495 e. The first-order valence-corrected chi connectivity index (χ1v) is 11.4. The Morgan fingerprint density at radius 2 is 1.91 bits per heavy atom. The lowest BCUT2D eigenvalue weighted by atomic mass is 9.94. The summed E-state index contributed by atoms with van der Waals surface area (Å²) in [5, 5.41) is 3.11. The van der Waals surface area contributed by atoms with Crippen LogP contribution < -0.4 is 15.8 Å². The van der Waals surface area contributed by atoms with Gasteiger partial charge in [0.25, 0.3) is 0 Å². The first-order chi connectivity index (χ1) is 15.0. The molecule has 0 saturated carbocycles. The van der Waals surface area contributed by atoms with E-state index in [1.807, 2.05) is 0 Å². The molecule has 0 unspecified atom stereocenters. The van der Waals surface area contributed by atoms with Crippen molar-refractivity contribution in [1.29, 1.82) is 0 Å². The van der Waals surface area contributed by atoms with E-state index in [9.17, 15) is 12.8 Å². The highest BCUT2D eigenvalue weighted by atomic mass is 32.2. The Morgan fingerprint density at radius 3 is 2.59 bits per heavy atom. The van der Waals surface area contributed by atoms with Crippen molar-refractivity contribution < 1.29 is 17.5 Å². The molecule has 1 aliphatic rings. The van der Waals surface area contributed by atoms with Crippen LogP contribution in [0.5, 0.6) is 5.75 Å². The Kier molecular flexibility index (Phi) is 5.04. The highest BCUT2D eigenvalue weighted by molar-refractivity contribution is 7.93. The molecule has 3 N–H and O–H groups in total. The van der Waals surface area contributed by atoms with Crippen molar-refractivity contribution in [2.45, 2.75) is 31.1 Å². The molecule has 3 aromatic heterocycles. The Hall–Kier alpha value is -3.34. The van der Waals surface area contributed by atoms with E-state index in [-0.39, 0.29) is 17.2 Å². The molecule has 9 nitrogen and oxygen atoms in total. The number of rotatable bonds is 4. The van der Waals surface area contributed by atoms with Crippen LogP contribution in [0.15, 0.2) is 41.8 Å². The van der Waals surface area contributed by atoms with Crippen molar-refractivity contribution in [3.05, 3.63) is 48.2 Å². The number of ether oxygens (including phenoxy) is 1. The molecular weight excluding hydrogens is 435 g/mol. The van der Waals surface area contributed by atoms with Crippen LogP contribution in [0.2, 0.25) is 0 Å². The summed E-state index contributed by atoms with van der Waals surface area (Å²) in [6, 6.07) is 4.89. The number of amidine groups is 1. The maximum Gasteiger partial charge on any atom is 0.165 e. The SMILES string of the molecule is COc1cnc2c(Nc3cc([C@]4(C)CS(=O)(=O)C(C)(C)C(N)=N4)c(F)cn3)ccnc2c1. The van der Waals surface area contributed by atoms with Crippen LogP contribution in [-0.4, -0.2) is 46.8 Å². The van der Waals surface area contributed by atoms with Crippen LogP contribution in [0.25, 0.3) is 11.0 Å². The number of halogens is 1. The fourth-order valence-electron chi connectivity index (χ4n) is 3.56. The maximum absolute atomic E-state index is 14.8. The van der Waals surface area contributed by atoms with Gasteiger partial charge in [-0.2, -0.15) is 0 Å². The molecule has 0 aliphatic carbocycles. The lowest BCUT2D eigenvalue weighted by Gasteiger charge is -2.37.